The summed E-state index contributed by atoms with van der Waals surface area (Å²) in [7, 11) is 2.04. The Bertz CT molecular complexity index is 515. The van der Waals surface area contributed by atoms with Crippen LogP contribution in [0.25, 0.3) is 0 Å². The highest BCUT2D eigenvalue weighted by Crippen LogP contribution is 2.18. The second-order valence-electron chi connectivity index (χ2n) is 5.56. The monoisotopic (exact) mass is 290 g/mol. The van der Waals surface area contributed by atoms with E-state index in [2.05, 4.69) is 16.7 Å². The zero-order valence-corrected chi connectivity index (χ0v) is 12.6. The van der Waals surface area contributed by atoms with Crippen LogP contribution in [0.5, 0.6) is 0 Å². The third kappa shape index (κ3) is 5.13. The molecule has 114 valence electrons. The van der Waals surface area contributed by atoms with Crippen molar-refractivity contribution in [2.24, 2.45) is 11.7 Å². The van der Waals surface area contributed by atoms with Gasteiger partial charge in [0.1, 0.15) is 5.82 Å². The van der Waals surface area contributed by atoms with Crippen LogP contribution in [0, 0.1) is 23.6 Å². The van der Waals surface area contributed by atoms with Crippen molar-refractivity contribution in [3.63, 3.8) is 0 Å². The first-order chi connectivity index (χ1) is 10.2. The summed E-state index contributed by atoms with van der Waals surface area (Å²) < 4.78 is 19.4. The quantitative estimate of drug-likeness (QED) is 0.862. The van der Waals surface area contributed by atoms with Gasteiger partial charge in [-0.2, -0.15) is 0 Å². The van der Waals surface area contributed by atoms with Crippen LogP contribution in [0.2, 0.25) is 0 Å². The fraction of sp³-hybridized carbons (Fsp3) is 0.529. The van der Waals surface area contributed by atoms with Gasteiger partial charge in [0.05, 0.1) is 6.54 Å². The van der Waals surface area contributed by atoms with E-state index in [0.29, 0.717) is 23.6 Å². The maximum absolute atomic E-state index is 14.1. The standard InChI is InChI=1S/C17H23FN2O/c1-20(12-15-6-9-21-10-7-15)13-16-5-4-14(3-2-8-19)11-17(16)18/h4-5,11,15H,6-10,12-13,19H2,1H3. The van der Waals surface area contributed by atoms with Gasteiger partial charge in [0.15, 0.2) is 0 Å². The molecule has 1 saturated heterocycles. The third-order valence-corrected chi connectivity index (χ3v) is 3.74. The Hall–Kier alpha value is -1.41. The minimum atomic E-state index is -0.197. The van der Waals surface area contributed by atoms with Gasteiger partial charge in [0.25, 0.3) is 0 Å². The molecule has 0 atom stereocenters. The average molecular weight is 290 g/mol. The van der Waals surface area contributed by atoms with Crippen LogP contribution in [0.15, 0.2) is 18.2 Å². The number of hydrogen-bond acceptors (Lipinski definition) is 3. The molecule has 1 aromatic rings. The molecule has 1 aromatic carbocycles. The molecule has 2 N–H and O–H groups in total. The topological polar surface area (TPSA) is 38.5 Å². The van der Waals surface area contributed by atoms with Crippen LogP contribution in [0.3, 0.4) is 0 Å². The number of rotatable bonds is 4. The van der Waals surface area contributed by atoms with E-state index in [1.54, 1.807) is 0 Å². The van der Waals surface area contributed by atoms with Crippen LogP contribution < -0.4 is 5.73 Å². The summed E-state index contributed by atoms with van der Waals surface area (Å²) in [6, 6.07) is 5.15. The highest BCUT2D eigenvalue weighted by Gasteiger charge is 2.16. The molecule has 1 fully saturated rings. The molecule has 0 spiro atoms. The molecule has 1 aliphatic heterocycles. The van der Waals surface area contributed by atoms with E-state index in [0.717, 1.165) is 32.6 Å². The Balaban J connectivity index is 1.92. The Morgan fingerprint density at radius 2 is 2.14 bits per heavy atom. The molecule has 21 heavy (non-hydrogen) atoms. The van der Waals surface area contributed by atoms with Crippen molar-refractivity contribution in [3.05, 3.63) is 35.1 Å². The molecule has 0 amide bonds. The number of nitrogens with zero attached hydrogens (tertiary/aromatic N) is 1. The lowest BCUT2D eigenvalue weighted by molar-refractivity contribution is 0.0548. The molecule has 0 saturated carbocycles. The fourth-order valence-electron chi connectivity index (χ4n) is 2.63. The van der Waals surface area contributed by atoms with E-state index in [4.69, 9.17) is 10.5 Å². The lowest BCUT2D eigenvalue weighted by Gasteiger charge is -2.27. The third-order valence-electron chi connectivity index (χ3n) is 3.74. The van der Waals surface area contributed by atoms with Crippen LogP contribution in [-0.2, 0) is 11.3 Å². The molecule has 1 heterocycles. The molecule has 0 radical (unpaired) electrons. The minimum Gasteiger partial charge on any atom is -0.381 e. The Morgan fingerprint density at radius 3 is 2.81 bits per heavy atom. The summed E-state index contributed by atoms with van der Waals surface area (Å²) in [6.45, 7) is 3.59. The molecule has 3 nitrogen and oxygen atoms in total. The molecular formula is C17H23FN2O. The number of ether oxygens (including phenoxy) is 1. The number of benzene rings is 1. The first kappa shape index (κ1) is 16.0. The number of halogens is 1. The molecule has 1 aliphatic rings. The summed E-state index contributed by atoms with van der Waals surface area (Å²) in [4.78, 5) is 2.18. The predicted molar refractivity (Wildman–Crippen MR) is 82.2 cm³/mol. The van der Waals surface area contributed by atoms with E-state index in [9.17, 15) is 4.39 Å². The summed E-state index contributed by atoms with van der Waals surface area (Å²) >= 11 is 0. The normalized spacial score (nSPS) is 15.8. The maximum atomic E-state index is 14.1. The first-order valence-corrected chi connectivity index (χ1v) is 7.42. The minimum absolute atomic E-state index is 0.197. The van der Waals surface area contributed by atoms with Crippen molar-refractivity contribution in [2.75, 3.05) is 33.4 Å². The lowest BCUT2D eigenvalue weighted by atomic mass is 9.99. The molecule has 0 unspecified atom stereocenters. The average Bonchev–Trinajstić information content (AvgIpc) is 2.48. The van der Waals surface area contributed by atoms with E-state index >= 15 is 0 Å². The fourth-order valence-corrected chi connectivity index (χ4v) is 2.63. The van der Waals surface area contributed by atoms with Gasteiger partial charge in [-0.25, -0.2) is 4.39 Å². The van der Waals surface area contributed by atoms with Gasteiger partial charge in [-0.15, -0.1) is 0 Å². The molecule has 0 aromatic heterocycles. The van der Waals surface area contributed by atoms with Gasteiger partial charge in [-0.1, -0.05) is 17.9 Å². The van der Waals surface area contributed by atoms with E-state index in [1.165, 1.54) is 6.07 Å². The van der Waals surface area contributed by atoms with Crippen LogP contribution >= 0.6 is 0 Å². The largest absolute Gasteiger partial charge is 0.381 e. The highest BCUT2D eigenvalue weighted by molar-refractivity contribution is 5.37. The summed E-state index contributed by atoms with van der Waals surface area (Å²) in [5.74, 6) is 6.04. The maximum Gasteiger partial charge on any atom is 0.128 e. The van der Waals surface area contributed by atoms with Crippen LogP contribution in [-0.4, -0.2) is 38.3 Å². The zero-order valence-electron chi connectivity index (χ0n) is 12.6. The van der Waals surface area contributed by atoms with E-state index in [1.807, 2.05) is 19.2 Å². The molecule has 2 rings (SSSR count). The summed E-state index contributed by atoms with van der Waals surface area (Å²) in [5, 5.41) is 0. The summed E-state index contributed by atoms with van der Waals surface area (Å²) in [5.41, 5.74) is 6.70. The number of hydrogen-bond donors (Lipinski definition) is 1. The smallest absolute Gasteiger partial charge is 0.128 e. The van der Waals surface area contributed by atoms with Crippen molar-refractivity contribution in [2.45, 2.75) is 19.4 Å². The second-order valence-corrected chi connectivity index (χ2v) is 5.56. The van der Waals surface area contributed by atoms with E-state index in [-0.39, 0.29) is 12.4 Å². The lowest BCUT2D eigenvalue weighted by Crippen LogP contribution is -2.29. The van der Waals surface area contributed by atoms with Crippen molar-refractivity contribution in [3.8, 4) is 11.8 Å². The van der Waals surface area contributed by atoms with Crippen molar-refractivity contribution in [1.82, 2.24) is 4.90 Å². The van der Waals surface area contributed by atoms with Gasteiger partial charge in [0, 0.05) is 37.4 Å². The van der Waals surface area contributed by atoms with E-state index < -0.39 is 0 Å². The second kappa shape index (κ2) is 8.14. The molecule has 0 aliphatic carbocycles. The van der Waals surface area contributed by atoms with Crippen molar-refractivity contribution in [1.29, 1.82) is 0 Å². The predicted octanol–water partition coefficient (Wildman–Crippen LogP) is 1.99. The van der Waals surface area contributed by atoms with Gasteiger partial charge >= 0.3 is 0 Å². The summed E-state index contributed by atoms with van der Waals surface area (Å²) in [6.07, 6.45) is 2.20. The Labute approximate surface area is 126 Å². The number of nitrogens with two attached hydrogens (primary N) is 1. The van der Waals surface area contributed by atoms with Gasteiger partial charge in [-0.3, -0.25) is 0 Å². The van der Waals surface area contributed by atoms with Gasteiger partial charge in [-0.05, 0) is 37.9 Å². The highest BCUT2D eigenvalue weighted by atomic mass is 19.1. The SMILES string of the molecule is CN(Cc1ccc(C#CCN)cc1F)CC1CCOCC1. The van der Waals surface area contributed by atoms with Crippen molar-refractivity contribution < 1.29 is 9.13 Å². The van der Waals surface area contributed by atoms with Crippen LogP contribution in [0.4, 0.5) is 4.39 Å². The van der Waals surface area contributed by atoms with Crippen molar-refractivity contribution >= 4 is 0 Å². The van der Waals surface area contributed by atoms with Gasteiger partial charge in [0.2, 0.25) is 0 Å². The molecular weight excluding hydrogens is 267 g/mol. The Morgan fingerprint density at radius 1 is 1.38 bits per heavy atom. The van der Waals surface area contributed by atoms with Crippen LogP contribution in [0.1, 0.15) is 24.0 Å². The molecule has 4 heteroatoms. The van der Waals surface area contributed by atoms with Gasteiger partial charge < -0.3 is 15.4 Å². The first-order valence-electron chi connectivity index (χ1n) is 7.42. The zero-order chi connectivity index (χ0) is 15.1. The molecule has 0 bridgehead atoms. The Kier molecular flexibility index (Phi) is 6.19.